The van der Waals surface area contributed by atoms with Crippen LogP contribution in [0.4, 0.5) is 15.6 Å². The molecular formula is C16H24N6OS. The van der Waals surface area contributed by atoms with E-state index in [0.29, 0.717) is 11.0 Å². The Hall–Kier alpha value is -2.09. The molecule has 0 spiro atoms. The maximum Gasteiger partial charge on any atom is 0.321 e. The first-order valence-corrected chi connectivity index (χ1v) is 9.16. The summed E-state index contributed by atoms with van der Waals surface area (Å²) in [5, 5.41) is 12.8. The minimum Gasteiger partial charge on any atom is -0.367 e. The third-order valence-electron chi connectivity index (χ3n) is 4.15. The highest BCUT2D eigenvalue weighted by atomic mass is 32.1. The van der Waals surface area contributed by atoms with Gasteiger partial charge < -0.3 is 10.2 Å². The molecule has 1 atom stereocenters. The van der Waals surface area contributed by atoms with Crippen LogP contribution in [0.15, 0.2) is 17.8 Å². The van der Waals surface area contributed by atoms with Gasteiger partial charge in [0.2, 0.25) is 0 Å². The maximum atomic E-state index is 12.2. The molecule has 1 unspecified atom stereocenters. The second-order valence-electron chi connectivity index (χ2n) is 6.49. The van der Waals surface area contributed by atoms with E-state index in [2.05, 4.69) is 39.5 Å². The molecule has 2 aromatic rings. The summed E-state index contributed by atoms with van der Waals surface area (Å²) >= 11 is 1.46. The number of aromatic nitrogens is 3. The molecule has 1 aliphatic rings. The predicted molar refractivity (Wildman–Crippen MR) is 96.8 cm³/mol. The summed E-state index contributed by atoms with van der Waals surface area (Å²) < 4.78 is 1.80. The van der Waals surface area contributed by atoms with Crippen LogP contribution in [0.25, 0.3) is 0 Å². The van der Waals surface area contributed by atoms with Crippen molar-refractivity contribution in [1.82, 2.24) is 20.1 Å². The van der Waals surface area contributed by atoms with Gasteiger partial charge in [-0.2, -0.15) is 5.10 Å². The summed E-state index contributed by atoms with van der Waals surface area (Å²) in [7, 11) is 1.91. The molecule has 0 aliphatic carbocycles. The zero-order chi connectivity index (χ0) is 17.1. The smallest absolute Gasteiger partial charge is 0.321 e. The molecule has 1 saturated heterocycles. The highest BCUT2D eigenvalue weighted by Crippen LogP contribution is 2.22. The molecule has 0 aromatic carbocycles. The number of aryl methyl sites for hydroxylation is 1. The number of nitrogens with zero attached hydrogens (tertiary/aromatic N) is 4. The summed E-state index contributed by atoms with van der Waals surface area (Å²) in [5.74, 6) is 0.367. The third kappa shape index (κ3) is 4.05. The van der Waals surface area contributed by atoms with E-state index in [1.54, 1.807) is 4.68 Å². The number of thiazole rings is 1. The van der Waals surface area contributed by atoms with Crippen molar-refractivity contribution in [2.24, 2.45) is 7.05 Å². The summed E-state index contributed by atoms with van der Waals surface area (Å²) in [5.41, 5.74) is 2.11. The minimum absolute atomic E-state index is 0.128. The van der Waals surface area contributed by atoms with E-state index in [1.165, 1.54) is 11.3 Å². The molecule has 8 heteroatoms. The molecule has 1 aliphatic heterocycles. The van der Waals surface area contributed by atoms with Crippen LogP contribution in [0.1, 0.15) is 38.3 Å². The van der Waals surface area contributed by atoms with Gasteiger partial charge in [-0.1, -0.05) is 13.8 Å². The van der Waals surface area contributed by atoms with Crippen LogP contribution in [0.2, 0.25) is 0 Å². The number of carbonyl (C=O) groups excluding carboxylic acids is 1. The van der Waals surface area contributed by atoms with Crippen molar-refractivity contribution >= 4 is 28.2 Å². The van der Waals surface area contributed by atoms with Crippen LogP contribution in [0.5, 0.6) is 0 Å². The molecule has 2 amide bonds. The molecule has 2 aromatic heterocycles. The zero-order valence-corrected chi connectivity index (χ0v) is 15.1. The van der Waals surface area contributed by atoms with E-state index >= 15 is 0 Å². The highest BCUT2D eigenvalue weighted by molar-refractivity contribution is 7.13. The zero-order valence-electron chi connectivity index (χ0n) is 14.3. The van der Waals surface area contributed by atoms with Gasteiger partial charge in [0.1, 0.15) is 0 Å². The number of hydrogen-bond acceptors (Lipinski definition) is 5. The summed E-state index contributed by atoms with van der Waals surface area (Å²) in [6.07, 6.45) is 5.91. The first kappa shape index (κ1) is 16.8. The molecule has 3 rings (SSSR count). The van der Waals surface area contributed by atoms with E-state index in [4.69, 9.17) is 0 Å². The SMILES string of the molecule is CC(C)c1csc(NC(=O)NC2CCCN(c3cnn(C)c3)C2)n1. The lowest BCUT2D eigenvalue weighted by molar-refractivity contribution is 0.246. The standard InChI is InChI=1S/C16H24N6OS/c1-11(2)14-10-24-16(19-14)20-15(23)18-12-5-4-6-22(8-12)13-7-17-21(3)9-13/h7,9-12H,4-6,8H2,1-3H3,(H2,18,19,20,23). The fraction of sp³-hybridized carbons (Fsp3) is 0.562. The number of urea groups is 1. The lowest BCUT2D eigenvalue weighted by atomic mass is 10.1. The molecule has 2 N–H and O–H groups in total. The fourth-order valence-electron chi connectivity index (χ4n) is 2.83. The molecule has 0 bridgehead atoms. The van der Waals surface area contributed by atoms with Crippen LogP contribution < -0.4 is 15.5 Å². The van der Waals surface area contributed by atoms with Crippen molar-refractivity contribution in [2.75, 3.05) is 23.3 Å². The Morgan fingerprint density at radius 3 is 2.96 bits per heavy atom. The number of anilines is 2. The largest absolute Gasteiger partial charge is 0.367 e. The Kier molecular flexibility index (Phi) is 5.03. The highest BCUT2D eigenvalue weighted by Gasteiger charge is 2.22. The Labute approximate surface area is 146 Å². The number of rotatable bonds is 4. The Morgan fingerprint density at radius 2 is 2.29 bits per heavy atom. The quantitative estimate of drug-likeness (QED) is 0.891. The van der Waals surface area contributed by atoms with Crippen LogP contribution in [0, 0.1) is 0 Å². The normalized spacial score (nSPS) is 18.0. The van der Waals surface area contributed by atoms with Gasteiger partial charge >= 0.3 is 6.03 Å². The van der Waals surface area contributed by atoms with Crippen LogP contribution >= 0.6 is 11.3 Å². The van der Waals surface area contributed by atoms with Crippen LogP contribution in [-0.4, -0.2) is 39.9 Å². The lowest BCUT2D eigenvalue weighted by Gasteiger charge is -2.33. The monoisotopic (exact) mass is 348 g/mol. The van der Waals surface area contributed by atoms with Crippen molar-refractivity contribution in [3.63, 3.8) is 0 Å². The molecule has 3 heterocycles. The average Bonchev–Trinajstić information content (AvgIpc) is 3.16. The van der Waals surface area contributed by atoms with Gasteiger partial charge in [-0.25, -0.2) is 9.78 Å². The number of piperidine rings is 1. The topological polar surface area (TPSA) is 75.1 Å². The molecular weight excluding hydrogens is 324 g/mol. The molecule has 0 radical (unpaired) electrons. The predicted octanol–water partition coefficient (Wildman–Crippen LogP) is 2.79. The molecule has 130 valence electrons. The fourth-order valence-corrected chi connectivity index (χ4v) is 3.70. The van der Waals surface area contributed by atoms with Gasteiger partial charge in [0.25, 0.3) is 0 Å². The molecule has 0 saturated carbocycles. The van der Waals surface area contributed by atoms with Crippen molar-refractivity contribution in [3.8, 4) is 0 Å². The Balaban J connectivity index is 1.53. The van der Waals surface area contributed by atoms with Gasteiger partial charge in [-0.3, -0.25) is 10.00 Å². The molecule has 7 nitrogen and oxygen atoms in total. The number of amides is 2. The van der Waals surface area contributed by atoms with Gasteiger partial charge in [0.15, 0.2) is 5.13 Å². The van der Waals surface area contributed by atoms with E-state index < -0.39 is 0 Å². The number of nitrogens with one attached hydrogen (secondary N) is 2. The van der Waals surface area contributed by atoms with Crippen LogP contribution in [0.3, 0.4) is 0 Å². The van der Waals surface area contributed by atoms with Crippen molar-refractivity contribution in [1.29, 1.82) is 0 Å². The van der Waals surface area contributed by atoms with Gasteiger partial charge in [0, 0.05) is 37.8 Å². The second kappa shape index (κ2) is 7.21. The van der Waals surface area contributed by atoms with Gasteiger partial charge in [-0.05, 0) is 18.8 Å². The Morgan fingerprint density at radius 1 is 1.46 bits per heavy atom. The molecule has 1 fully saturated rings. The Bertz CT molecular complexity index is 694. The van der Waals surface area contributed by atoms with E-state index in [-0.39, 0.29) is 12.1 Å². The first-order chi connectivity index (χ1) is 11.5. The summed E-state index contributed by atoms with van der Waals surface area (Å²) in [6, 6.07) is -0.0545. The van der Waals surface area contributed by atoms with Gasteiger partial charge in [0.05, 0.1) is 17.6 Å². The van der Waals surface area contributed by atoms with Crippen molar-refractivity contribution < 1.29 is 4.79 Å². The number of hydrogen-bond donors (Lipinski definition) is 2. The van der Waals surface area contributed by atoms with Crippen molar-refractivity contribution in [3.05, 3.63) is 23.5 Å². The number of carbonyl (C=O) groups is 1. The van der Waals surface area contributed by atoms with Crippen molar-refractivity contribution in [2.45, 2.75) is 38.6 Å². The average molecular weight is 348 g/mol. The maximum absolute atomic E-state index is 12.2. The van der Waals surface area contributed by atoms with Crippen LogP contribution in [-0.2, 0) is 7.05 Å². The molecule has 24 heavy (non-hydrogen) atoms. The van der Waals surface area contributed by atoms with E-state index in [0.717, 1.165) is 37.3 Å². The first-order valence-electron chi connectivity index (χ1n) is 8.28. The van der Waals surface area contributed by atoms with E-state index in [1.807, 2.05) is 24.8 Å². The lowest BCUT2D eigenvalue weighted by Crippen LogP contribution is -2.48. The summed E-state index contributed by atoms with van der Waals surface area (Å²) in [4.78, 5) is 18.9. The van der Waals surface area contributed by atoms with Gasteiger partial charge in [-0.15, -0.1) is 11.3 Å². The summed E-state index contributed by atoms with van der Waals surface area (Å²) in [6.45, 7) is 5.98. The second-order valence-corrected chi connectivity index (χ2v) is 7.35. The van der Waals surface area contributed by atoms with E-state index in [9.17, 15) is 4.79 Å². The third-order valence-corrected chi connectivity index (χ3v) is 4.92. The minimum atomic E-state index is -0.183.